The van der Waals surface area contributed by atoms with Crippen LogP contribution in [-0.2, 0) is 9.53 Å². The lowest BCUT2D eigenvalue weighted by molar-refractivity contribution is -0.114. The Bertz CT molecular complexity index is 268. The summed E-state index contributed by atoms with van der Waals surface area (Å²) >= 11 is 0. The van der Waals surface area contributed by atoms with Crippen LogP contribution in [0.15, 0.2) is 0 Å². The van der Waals surface area contributed by atoms with Crippen LogP contribution in [0.2, 0.25) is 0 Å². The Morgan fingerprint density at radius 1 is 1.35 bits per heavy atom. The number of nitrogens with one attached hydrogen (secondary N) is 1. The first kappa shape index (κ1) is 15.9. The summed E-state index contributed by atoms with van der Waals surface area (Å²) in [4.78, 5) is 22.9. The summed E-state index contributed by atoms with van der Waals surface area (Å²) in [5, 5.41) is 2.69. The summed E-state index contributed by atoms with van der Waals surface area (Å²) < 4.78 is 5.17. The molecule has 1 unspecified atom stereocenters. The molecule has 0 saturated carbocycles. The highest BCUT2D eigenvalue weighted by atomic mass is 16.6. The number of hydrogen-bond donors (Lipinski definition) is 1. The van der Waals surface area contributed by atoms with E-state index in [1.165, 1.54) is 0 Å². The summed E-state index contributed by atoms with van der Waals surface area (Å²) in [7, 11) is 0. The van der Waals surface area contributed by atoms with E-state index in [1.54, 1.807) is 20.8 Å². The van der Waals surface area contributed by atoms with Crippen LogP contribution in [0.1, 0.15) is 54.4 Å². The molecule has 1 amide bonds. The molecule has 0 heterocycles. The summed E-state index contributed by atoms with van der Waals surface area (Å²) in [6.45, 7) is 11.3. The average Bonchev–Trinajstić information content (AvgIpc) is 2.12. The van der Waals surface area contributed by atoms with Crippen molar-refractivity contribution in [2.24, 2.45) is 5.92 Å². The van der Waals surface area contributed by atoms with Crippen LogP contribution >= 0.6 is 0 Å². The number of carbonyl (C=O) groups is 2. The Balaban J connectivity index is 4.65. The van der Waals surface area contributed by atoms with Crippen LogP contribution in [0, 0.1) is 5.92 Å². The van der Waals surface area contributed by atoms with E-state index in [9.17, 15) is 9.59 Å². The standard InChI is InChI=1S/C13H25NO3/c1-7-13(9-15,8-10(2)3)14-11(16)17-12(4,5)6/h9-10H,7-8H2,1-6H3,(H,14,16). The van der Waals surface area contributed by atoms with E-state index in [1.807, 2.05) is 20.8 Å². The minimum absolute atomic E-state index is 0.329. The smallest absolute Gasteiger partial charge is 0.408 e. The Labute approximate surface area is 104 Å². The molecule has 0 fully saturated rings. The largest absolute Gasteiger partial charge is 0.444 e. The van der Waals surface area contributed by atoms with Gasteiger partial charge in [0.1, 0.15) is 11.9 Å². The first-order valence-electron chi connectivity index (χ1n) is 6.11. The van der Waals surface area contributed by atoms with E-state index in [2.05, 4.69) is 5.32 Å². The van der Waals surface area contributed by atoms with Crippen molar-refractivity contribution in [1.29, 1.82) is 0 Å². The van der Waals surface area contributed by atoms with E-state index in [0.29, 0.717) is 18.8 Å². The van der Waals surface area contributed by atoms with Crippen LogP contribution in [0.3, 0.4) is 0 Å². The van der Waals surface area contributed by atoms with Crippen LogP contribution < -0.4 is 5.32 Å². The number of aldehydes is 1. The number of amides is 1. The molecule has 0 aliphatic heterocycles. The second-order valence-electron chi connectivity index (χ2n) is 5.85. The second-order valence-corrected chi connectivity index (χ2v) is 5.85. The zero-order valence-corrected chi connectivity index (χ0v) is 11.8. The SMILES string of the molecule is CCC(C=O)(CC(C)C)NC(=O)OC(C)(C)C. The Kier molecular flexibility index (Phi) is 5.66. The minimum atomic E-state index is -0.809. The average molecular weight is 243 g/mol. The Morgan fingerprint density at radius 3 is 2.18 bits per heavy atom. The number of carbonyl (C=O) groups excluding carboxylic acids is 2. The monoisotopic (exact) mass is 243 g/mol. The first-order chi connectivity index (χ1) is 7.64. The zero-order chi connectivity index (χ0) is 13.7. The van der Waals surface area contributed by atoms with Gasteiger partial charge in [-0.2, -0.15) is 0 Å². The van der Waals surface area contributed by atoms with Crippen molar-refractivity contribution in [3.05, 3.63) is 0 Å². The van der Waals surface area contributed by atoms with Crippen LogP contribution in [0.25, 0.3) is 0 Å². The van der Waals surface area contributed by atoms with Gasteiger partial charge in [-0.1, -0.05) is 20.8 Å². The van der Waals surface area contributed by atoms with Crippen molar-refractivity contribution in [3.63, 3.8) is 0 Å². The normalized spacial score (nSPS) is 15.2. The van der Waals surface area contributed by atoms with Gasteiger partial charge in [-0.3, -0.25) is 0 Å². The van der Waals surface area contributed by atoms with Gasteiger partial charge >= 0.3 is 6.09 Å². The highest BCUT2D eigenvalue weighted by molar-refractivity contribution is 5.76. The van der Waals surface area contributed by atoms with Gasteiger partial charge in [0.2, 0.25) is 0 Å². The molecule has 0 aliphatic carbocycles. The highest BCUT2D eigenvalue weighted by Gasteiger charge is 2.32. The molecular formula is C13H25NO3. The van der Waals surface area contributed by atoms with E-state index >= 15 is 0 Å². The molecule has 0 saturated heterocycles. The quantitative estimate of drug-likeness (QED) is 0.755. The van der Waals surface area contributed by atoms with Crippen molar-refractivity contribution >= 4 is 12.4 Å². The summed E-state index contributed by atoms with van der Waals surface area (Å²) in [6, 6.07) is 0. The lowest BCUT2D eigenvalue weighted by atomic mass is 9.88. The van der Waals surface area contributed by atoms with E-state index in [-0.39, 0.29) is 0 Å². The van der Waals surface area contributed by atoms with Gasteiger partial charge in [-0.15, -0.1) is 0 Å². The molecule has 4 nitrogen and oxygen atoms in total. The number of ether oxygens (including phenoxy) is 1. The summed E-state index contributed by atoms with van der Waals surface area (Å²) in [5.74, 6) is 0.329. The topological polar surface area (TPSA) is 55.4 Å². The Hall–Kier alpha value is -1.06. The fraction of sp³-hybridized carbons (Fsp3) is 0.846. The van der Waals surface area contributed by atoms with Gasteiger partial charge in [-0.25, -0.2) is 4.79 Å². The molecule has 0 aliphatic rings. The van der Waals surface area contributed by atoms with Gasteiger partial charge in [0, 0.05) is 0 Å². The highest BCUT2D eigenvalue weighted by Crippen LogP contribution is 2.19. The van der Waals surface area contributed by atoms with Crippen molar-refractivity contribution in [2.45, 2.75) is 65.5 Å². The van der Waals surface area contributed by atoms with E-state index in [4.69, 9.17) is 4.74 Å². The van der Waals surface area contributed by atoms with Crippen LogP contribution in [0.5, 0.6) is 0 Å². The molecule has 100 valence electrons. The predicted octanol–water partition coefficient (Wildman–Crippen LogP) is 2.90. The fourth-order valence-corrected chi connectivity index (χ4v) is 1.68. The van der Waals surface area contributed by atoms with Crippen molar-refractivity contribution < 1.29 is 14.3 Å². The number of rotatable bonds is 5. The zero-order valence-electron chi connectivity index (χ0n) is 11.8. The molecule has 0 aromatic rings. The number of alkyl carbamates (subject to hydrolysis) is 1. The van der Waals surface area contributed by atoms with Gasteiger partial charge in [0.15, 0.2) is 0 Å². The summed E-state index contributed by atoms with van der Waals surface area (Å²) in [5.41, 5.74) is -1.36. The number of hydrogen-bond acceptors (Lipinski definition) is 3. The molecule has 0 spiro atoms. The van der Waals surface area contributed by atoms with Crippen LogP contribution in [-0.4, -0.2) is 23.5 Å². The molecular weight excluding hydrogens is 218 g/mol. The predicted molar refractivity (Wildman–Crippen MR) is 67.9 cm³/mol. The minimum Gasteiger partial charge on any atom is -0.444 e. The third-order valence-corrected chi connectivity index (χ3v) is 2.38. The van der Waals surface area contributed by atoms with Gasteiger partial charge in [-0.05, 0) is 39.5 Å². The Morgan fingerprint density at radius 2 is 1.88 bits per heavy atom. The molecule has 1 N–H and O–H groups in total. The molecule has 17 heavy (non-hydrogen) atoms. The fourth-order valence-electron chi connectivity index (χ4n) is 1.68. The van der Waals surface area contributed by atoms with E-state index < -0.39 is 17.2 Å². The molecule has 0 aromatic carbocycles. The van der Waals surface area contributed by atoms with Gasteiger partial charge < -0.3 is 14.8 Å². The maximum atomic E-state index is 11.7. The third-order valence-electron chi connectivity index (χ3n) is 2.38. The van der Waals surface area contributed by atoms with Gasteiger partial charge in [0.05, 0.1) is 5.54 Å². The maximum absolute atomic E-state index is 11.7. The molecule has 0 radical (unpaired) electrons. The molecule has 0 rings (SSSR count). The third kappa shape index (κ3) is 6.29. The lowest BCUT2D eigenvalue weighted by Crippen LogP contribution is -2.51. The van der Waals surface area contributed by atoms with Crippen molar-refractivity contribution in [3.8, 4) is 0 Å². The van der Waals surface area contributed by atoms with Crippen molar-refractivity contribution in [2.75, 3.05) is 0 Å². The molecule has 1 atom stereocenters. The van der Waals surface area contributed by atoms with Gasteiger partial charge in [0.25, 0.3) is 0 Å². The summed E-state index contributed by atoms with van der Waals surface area (Å²) in [6.07, 6.45) is 1.46. The lowest BCUT2D eigenvalue weighted by Gasteiger charge is -2.31. The second kappa shape index (κ2) is 6.03. The molecule has 0 aromatic heterocycles. The van der Waals surface area contributed by atoms with Crippen molar-refractivity contribution in [1.82, 2.24) is 5.32 Å². The van der Waals surface area contributed by atoms with Crippen LogP contribution in [0.4, 0.5) is 4.79 Å². The maximum Gasteiger partial charge on any atom is 0.408 e. The first-order valence-corrected chi connectivity index (χ1v) is 6.11. The molecule has 0 bridgehead atoms. The van der Waals surface area contributed by atoms with E-state index in [0.717, 1.165) is 6.29 Å². The molecule has 4 heteroatoms.